The van der Waals surface area contributed by atoms with Crippen molar-refractivity contribution < 1.29 is 18.0 Å². The van der Waals surface area contributed by atoms with Crippen molar-refractivity contribution in [3.63, 3.8) is 0 Å². The van der Waals surface area contributed by atoms with E-state index in [1.807, 2.05) is 6.92 Å². The SMILES string of the molecule is CCCNC(=O)[C@@H](C)NC(=O)c1ccc(NS(=O)(=O)c2ccc3[nH]c(=O)[nH]c3c2)cc1. The monoisotopic (exact) mass is 445 g/mol. The summed E-state index contributed by atoms with van der Waals surface area (Å²) in [5.74, 6) is -0.726. The third kappa shape index (κ3) is 5.31. The Labute approximate surface area is 178 Å². The number of rotatable bonds is 8. The fourth-order valence-corrected chi connectivity index (χ4v) is 3.91. The van der Waals surface area contributed by atoms with Gasteiger partial charge in [-0.2, -0.15) is 0 Å². The van der Waals surface area contributed by atoms with E-state index in [0.717, 1.165) is 6.42 Å². The van der Waals surface area contributed by atoms with Crippen LogP contribution in [0.25, 0.3) is 11.0 Å². The van der Waals surface area contributed by atoms with Gasteiger partial charge in [-0.25, -0.2) is 13.2 Å². The maximum Gasteiger partial charge on any atom is 0.323 e. The second kappa shape index (κ2) is 9.04. The van der Waals surface area contributed by atoms with Gasteiger partial charge in [0.2, 0.25) is 5.91 Å². The number of anilines is 1. The molecule has 164 valence electrons. The molecule has 1 heterocycles. The first-order valence-corrected chi connectivity index (χ1v) is 11.1. The summed E-state index contributed by atoms with van der Waals surface area (Å²) in [6.07, 6.45) is 0.792. The van der Waals surface area contributed by atoms with E-state index in [4.69, 9.17) is 0 Å². The molecule has 1 aromatic heterocycles. The summed E-state index contributed by atoms with van der Waals surface area (Å²) in [7, 11) is -3.91. The van der Waals surface area contributed by atoms with E-state index in [9.17, 15) is 22.8 Å². The number of H-pyrrole nitrogens is 2. The molecule has 0 saturated carbocycles. The smallest absolute Gasteiger partial charge is 0.323 e. The van der Waals surface area contributed by atoms with E-state index in [1.165, 1.54) is 42.5 Å². The number of carbonyl (C=O) groups excluding carboxylic acids is 2. The zero-order chi connectivity index (χ0) is 22.6. The van der Waals surface area contributed by atoms with Gasteiger partial charge in [-0.3, -0.25) is 14.3 Å². The number of amides is 2. The Hall–Kier alpha value is -3.60. The summed E-state index contributed by atoms with van der Waals surface area (Å²) in [5.41, 5.74) is 0.981. The second-order valence-electron chi connectivity index (χ2n) is 6.96. The van der Waals surface area contributed by atoms with Crippen LogP contribution in [0.3, 0.4) is 0 Å². The number of hydrogen-bond acceptors (Lipinski definition) is 5. The minimum absolute atomic E-state index is 0.0241. The minimum atomic E-state index is -3.91. The van der Waals surface area contributed by atoms with Crippen LogP contribution < -0.4 is 21.0 Å². The van der Waals surface area contributed by atoms with Crippen LogP contribution >= 0.6 is 0 Å². The van der Waals surface area contributed by atoms with Crippen molar-refractivity contribution in [3.05, 3.63) is 58.5 Å². The standard InChI is InChI=1S/C20H23N5O5S/c1-3-10-21-18(26)12(2)22-19(27)13-4-6-14(7-5-13)25-31(29,30)15-8-9-16-17(11-15)24-20(28)23-16/h4-9,11-12,25H,3,10H2,1-2H3,(H,21,26)(H,22,27)(H2,23,24,28)/t12-/m1/s1. The van der Waals surface area contributed by atoms with Crippen LogP contribution in [0.15, 0.2) is 52.2 Å². The number of fused-ring (bicyclic) bond motifs is 1. The van der Waals surface area contributed by atoms with E-state index >= 15 is 0 Å². The van der Waals surface area contributed by atoms with Crippen molar-refractivity contribution in [1.29, 1.82) is 0 Å². The quantitative estimate of drug-likeness (QED) is 0.354. The highest BCUT2D eigenvalue weighted by Gasteiger charge is 2.18. The van der Waals surface area contributed by atoms with Crippen molar-refractivity contribution in [3.8, 4) is 0 Å². The molecule has 3 rings (SSSR count). The van der Waals surface area contributed by atoms with Gasteiger partial charge in [0.15, 0.2) is 0 Å². The van der Waals surface area contributed by atoms with E-state index in [0.29, 0.717) is 17.6 Å². The summed E-state index contributed by atoms with van der Waals surface area (Å²) in [4.78, 5) is 40.6. The number of nitrogens with one attached hydrogen (secondary N) is 5. The molecule has 3 aromatic rings. The topological polar surface area (TPSA) is 153 Å². The molecule has 0 saturated heterocycles. The predicted octanol–water partition coefficient (Wildman–Crippen LogP) is 1.30. The first-order valence-electron chi connectivity index (χ1n) is 9.63. The van der Waals surface area contributed by atoms with Gasteiger partial charge in [-0.1, -0.05) is 6.92 Å². The number of aromatic amines is 2. The van der Waals surface area contributed by atoms with Crippen LogP contribution in [0, 0.1) is 0 Å². The van der Waals surface area contributed by atoms with Crippen LogP contribution in [0.1, 0.15) is 30.6 Å². The predicted molar refractivity (Wildman–Crippen MR) is 116 cm³/mol. The normalized spacial score (nSPS) is 12.3. The number of sulfonamides is 1. The van der Waals surface area contributed by atoms with Gasteiger partial charge in [0.25, 0.3) is 15.9 Å². The van der Waals surface area contributed by atoms with Crippen molar-refractivity contribution >= 4 is 38.6 Å². The largest absolute Gasteiger partial charge is 0.354 e. The van der Waals surface area contributed by atoms with E-state index < -0.39 is 27.7 Å². The molecule has 1 atom stereocenters. The van der Waals surface area contributed by atoms with Gasteiger partial charge >= 0.3 is 5.69 Å². The Kier molecular flexibility index (Phi) is 6.44. The lowest BCUT2D eigenvalue weighted by Gasteiger charge is -2.14. The van der Waals surface area contributed by atoms with Gasteiger partial charge < -0.3 is 20.6 Å². The van der Waals surface area contributed by atoms with Crippen LogP contribution in [-0.2, 0) is 14.8 Å². The molecule has 0 bridgehead atoms. The summed E-state index contributed by atoms with van der Waals surface area (Å²) in [6, 6.07) is 9.33. The molecule has 0 radical (unpaired) electrons. The highest BCUT2D eigenvalue weighted by molar-refractivity contribution is 7.92. The third-order valence-corrected chi connectivity index (χ3v) is 5.87. The molecule has 0 aliphatic rings. The van der Waals surface area contributed by atoms with Crippen LogP contribution in [0.4, 0.5) is 5.69 Å². The Balaban J connectivity index is 1.68. The molecule has 31 heavy (non-hydrogen) atoms. The second-order valence-corrected chi connectivity index (χ2v) is 8.64. The molecular formula is C20H23N5O5S. The molecular weight excluding hydrogens is 422 g/mol. The Morgan fingerprint density at radius 3 is 2.39 bits per heavy atom. The van der Waals surface area contributed by atoms with Crippen LogP contribution in [-0.4, -0.2) is 42.8 Å². The van der Waals surface area contributed by atoms with Crippen molar-refractivity contribution in [2.24, 2.45) is 0 Å². The molecule has 2 aromatic carbocycles. The number of carbonyl (C=O) groups is 2. The van der Waals surface area contributed by atoms with Gasteiger partial charge in [-0.05, 0) is 55.8 Å². The molecule has 5 N–H and O–H groups in total. The number of benzene rings is 2. The van der Waals surface area contributed by atoms with Crippen LogP contribution in [0.2, 0.25) is 0 Å². The molecule has 0 fully saturated rings. The maximum absolute atomic E-state index is 12.6. The maximum atomic E-state index is 12.6. The lowest BCUT2D eigenvalue weighted by atomic mass is 10.2. The molecule has 2 amide bonds. The molecule has 10 nitrogen and oxygen atoms in total. The first kappa shape index (κ1) is 22.1. The van der Waals surface area contributed by atoms with Crippen molar-refractivity contribution in [1.82, 2.24) is 20.6 Å². The van der Waals surface area contributed by atoms with Crippen molar-refractivity contribution in [2.75, 3.05) is 11.3 Å². The van der Waals surface area contributed by atoms with E-state index in [2.05, 4.69) is 25.3 Å². The Morgan fingerprint density at radius 1 is 1.03 bits per heavy atom. The highest BCUT2D eigenvalue weighted by Crippen LogP contribution is 2.19. The van der Waals surface area contributed by atoms with Gasteiger partial charge in [-0.15, -0.1) is 0 Å². The number of hydrogen-bond donors (Lipinski definition) is 5. The fourth-order valence-electron chi connectivity index (χ4n) is 2.83. The highest BCUT2D eigenvalue weighted by atomic mass is 32.2. The van der Waals surface area contributed by atoms with Gasteiger partial charge in [0.05, 0.1) is 15.9 Å². The average Bonchev–Trinajstić information content (AvgIpc) is 3.11. The van der Waals surface area contributed by atoms with Crippen molar-refractivity contribution in [2.45, 2.75) is 31.2 Å². The summed E-state index contributed by atoms with van der Waals surface area (Å²) in [6.45, 7) is 4.04. The van der Waals surface area contributed by atoms with Gasteiger partial charge in [0, 0.05) is 17.8 Å². The summed E-state index contributed by atoms with van der Waals surface area (Å²) < 4.78 is 27.7. The Morgan fingerprint density at radius 2 is 1.71 bits per heavy atom. The molecule has 0 aliphatic heterocycles. The fraction of sp³-hybridized carbons (Fsp3) is 0.250. The summed E-state index contributed by atoms with van der Waals surface area (Å²) >= 11 is 0. The summed E-state index contributed by atoms with van der Waals surface area (Å²) in [5, 5.41) is 5.30. The Bertz CT molecular complexity index is 1260. The van der Waals surface area contributed by atoms with Crippen LogP contribution in [0.5, 0.6) is 0 Å². The minimum Gasteiger partial charge on any atom is -0.354 e. The zero-order valence-corrected chi connectivity index (χ0v) is 17.8. The van der Waals surface area contributed by atoms with E-state index in [1.54, 1.807) is 6.92 Å². The third-order valence-electron chi connectivity index (χ3n) is 4.49. The molecule has 0 unspecified atom stereocenters. The first-order chi connectivity index (χ1) is 14.7. The average molecular weight is 446 g/mol. The molecule has 0 aliphatic carbocycles. The molecule has 11 heteroatoms. The lowest BCUT2D eigenvalue weighted by Crippen LogP contribution is -2.44. The number of aromatic nitrogens is 2. The number of imidazole rings is 1. The molecule has 0 spiro atoms. The zero-order valence-electron chi connectivity index (χ0n) is 17.0. The van der Waals surface area contributed by atoms with Gasteiger partial charge in [0.1, 0.15) is 6.04 Å². The lowest BCUT2D eigenvalue weighted by molar-refractivity contribution is -0.122. The van der Waals surface area contributed by atoms with E-state index in [-0.39, 0.29) is 22.1 Å².